The number of carboxylic acids is 1. The van der Waals surface area contributed by atoms with Crippen molar-refractivity contribution >= 4 is 23.2 Å². The number of aromatic nitrogens is 1. The minimum atomic E-state index is -0.917. The van der Waals surface area contributed by atoms with E-state index in [4.69, 9.17) is 5.11 Å². The first-order chi connectivity index (χ1) is 8.47. The number of amides is 1. The van der Waals surface area contributed by atoms with Crippen LogP contribution in [0.1, 0.15) is 15.6 Å². The molecule has 0 bridgehead atoms. The Hall–Kier alpha value is -1.47. The van der Waals surface area contributed by atoms with Gasteiger partial charge in [-0.2, -0.15) is 0 Å². The van der Waals surface area contributed by atoms with Crippen molar-refractivity contribution in [3.05, 3.63) is 15.6 Å². The van der Waals surface area contributed by atoms with Gasteiger partial charge < -0.3 is 10.4 Å². The fourth-order valence-electron chi connectivity index (χ4n) is 1.88. The van der Waals surface area contributed by atoms with Crippen LogP contribution in [0, 0.1) is 13.8 Å². The molecule has 0 aromatic carbocycles. The zero-order chi connectivity index (χ0) is 13.3. The number of piperazine rings is 1. The van der Waals surface area contributed by atoms with Gasteiger partial charge in [-0.25, -0.2) is 4.98 Å². The van der Waals surface area contributed by atoms with Gasteiger partial charge in [0.05, 0.1) is 18.8 Å². The highest BCUT2D eigenvalue weighted by Crippen LogP contribution is 2.19. The summed E-state index contributed by atoms with van der Waals surface area (Å²) in [6.45, 7) is 4.57. The molecule has 0 spiro atoms. The van der Waals surface area contributed by atoms with Crippen LogP contribution in [0.5, 0.6) is 0 Å². The third-order valence-electron chi connectivity index (χ3n) is 2.98. The zero-order valence-electron chi connectivity index (χ0n) is 10.3. The van der Waals surface area contributed by atoms with Crippen molar-refractivity contribution in [2.75, 3.05) is 13.1 Å². The highest BCUT2D eigenvalue weighted by atomic mass is 32.1. The van der Waals surface area contributed by atoms with Crippen molar-refractivity contribution in [3.8, 4) is 0 Å². The minimum Gasteiger partial charge on any atom is -0.480 e. The van der Waals surface area contributed by atoms with Crippen molar-refractivity contribution < 1.29 is 14.7 Å². The number of carbonyl (C=O) groups is 2. The molecule has 1 fully saturated rings. The van der Waals surface area contributed by atoms with Crippen LogP contribution in [-0.4, -0.2) is 46.0 Å². The monoisotopic (exact) mass is 269 g/mol. The first kappa shape index (κ1) is 13.0. The molecule has 1 amide bonds. The normalized spacial score (nSPS) is 20.8. The van der Waals surface area contributed by atoms with E-state index in [-0.39, 0.29) is 19.0 Å². The van der Waals surface area contributed by atoms with Gasteiger partial charge in [0.1, 0.15) is 11.0 Å². The lowest BCUT2D eigenvalue weighted by Crippen LogP contribution is -2.56. The van der Waals surface area contributed by atoms with Crippen molar-refractivity contribution in [2.45, 2.75) is 26.4 Å². The predicted molar refractivity (Wildman–Crippen MR) is 66.4 cm³/mol. The SMILES string of the molecule is Cc1nc(CN2CC(=O)NCC2C(=O)O)sc1C. The average molecular weight is 269 g/mol. The maximum absolute atomic E-state index is 11.3. The maximum Gasteiger partial charge on any atom is 0.322 e. The van der Waals surface area contributed by atoms with Crippen LogP contribution in [0.4, 0.5) is 0 Å². The van der Waals surface area contributed by atoms with Gasteiger partial charge in [-0.1, -0.05) is 0 Å². The lowest BCUT2D eigenvalue weighted by Gasteiger charge is -2.31. The lowest BCUT2D eigenvalue weighted by molar-refractivity contribution is -0.146. The summed E-state index contributed by atoms with van der Waals surface area (Å²) in [4.78, 5) is 29.6. The van der Waals surface area contributed by atoms with E-state index in [1.54, 1.807) is 16.2 Å². The summed E-state index contributed by atoms with van der Waals surface area (Å²) in [5.41, 5.74) is 0.961. The van der Waals surface area contributed by atoms with Crippen LogP contribution >= 0.6 is 11.3 Å². The van der Waals surface area contributed by atoms with Crippen molar-refractivity contribution in [3.63, 3.8) is 0 Å². The molecule has 7 heteroatoms. The van der Waals surface area contributed by atoms with Gasteiger partial charge in [-0.05, 0) is 13.8 Å². The number of nitrogens with one attached hydrogen (secondary N) is 1. The Morgan fingerprint density at radius 2 is 2.33 bits per heavy atom. The Balaban J connectivity index is 2.13. The number of carboxylic acid groups (broad SMARTS) is 1. The molecule has 18 heavy (non-hydrogen) atoms. The summed E-state index contributed by atoms with van der Waals surface area (Å²) in [6, 6.07) is -0.674. The molecule has 1 atom stereocenters. The molecule has 1 aliphatic heterocycles. The summed E-state index contributed by atoms with van der Waals surface area (Å²) in [5, 5.41) is 12.5. The minimum absolute atomic E-state index is 0.106. The van der Waals surface area contributed by atoms with Gasteiger partial charge in [0, 0.05) is 11.4 Å². The van der Waals surface area contributed by atoms with E-state index < -0.39 is 12.0 Å². The van der Waals surface area contributed by atoms with E-state index in [0.29, 0.717) is 6.54 Å². The van der Waals surface area contributed by atoms with Gasteiger partial charge in [-0.3, -0.25) is 14.5 Å². The standard InChI is InChI=1S/C11H15N3O3S/c1-6-7(2)18-10(13-6)5-14-4-9(15)12-3-8(14)11(16)17/h8H,3-5H2,1-2H3,(H,12,15)(H,16,17). The number of nitrogens with zero attached hydrogens (tertiary/aromatic N) is 2. The number of hydrogen-bond donors (Lipinski definition) is 2. The number of hydrogen-bond acceptors (Lipinski definition) is 5. The molecule has 1 aromatic rings. The van der Waals surface area contributed by atoms with Crippen LogP contribution in [0.3, 0.4) is 0 Å². The van der Waals surface area contributed by atoms with E-state index in [1.165, 1.54) is 0 Å². The van der Waals surface area contributed by atoms with Crippen LogP contribution in [0.2, 0.25) is 0 Å². The molecular weight excluding hydrogens is 254 g/mol. The first-order valence-electron chi connectivity index (χ1n) is 5.64. The molecule has 2 heterocycles. The second-order valence-electron chi connectivity index (χ2n) is 4.31. The molecule has 1 aromatic heterocycles. The molecule has 98 valence electrons. The Labute approximate surface area is 109 Å². The Morgan fingerprint density at radius 3 is 2.89 bits per heavy atom. The van der Waals surface area contributed by atoms with E-state index >= 15 is 0 Å². The smallest absolute Gasteiger partial charge is 0.322 e. The third-order valence-corrected chi connectivity index (χ3v) is 4.03. The predicted octanol–water partition coefficient (Wildman–Crippen LogP) is 0.145. The Kier molecular flexibility index (Phi) is 3.63. The molecule has 0 aliphatic carbocycles. The van der Waals surface area contributed by atoms with Crippen molar-refractivity contribution in [1.29, 1.82) is 0 Å². The largest absolute Gasteiger partial charge is 0.480 e. The van der Waals surface area contributed by atoms with Crippen LogP contribution in [0.15, 0.2) is 0 Å². The molecule has 1 saturated heterocycles. The van der Waals surface area contributed by atoms with Crippen molar-refractivity contribution in [1.82, 2.24) is 15.2 Å². The van der Waals surface area contributed by atoms with Gasteiger partial charge in [0.15, 0.2) is 0 Å². The van der Waals surface area contributed by atoms with Crippen LogP contribution in [-0.2, 0) is 16.1 Å². The second-order valence-corrected chi connectivity index (χ2v) is 5.60. The Bertz CT molecular complexity index is 466. The van der Waals surface area contributed by atoms with Gasteiger partial charge in [0.2, 0.25) is 5.91 Å². The van der Waals surface area contributed by atoms with Gasteiger partial charge >= 0.3 is 5.97 Å². The van der Waals surface area contributed by atoms with Gasteiger partial charge in [0.25, 0.3) is 0 Å². The van der Waals surface area contributed by atoms with E-state index in [9.17, 15) is 9.59 Å². The van der Waals surface area contributed by atoms with Crippen LogP contribution < -0.4 is 5.32 Å². The third kappa shape index (κ3) is 2.68. The summed E-state index contributed by atoms with van der Waals surface area (Å²) < 4.78 is 0. The second kappa shape index (κ2) is 5.03. The summed E-state index contributed by atoms with van der Waals surface area (Å²) >= 11 is 1.55. The highest BCUT2D eigenvalue weighted by molar-refractivity contribution is 7.11. The topological polar surface area (TPSA) is 82.5 Å². The average Bonchev–Trinajstić information content (AvgIpc) is 2.57. The molecule has 6 nitrogen and oxygen atoms in total. The molecule has 2 rings (SSSR count). The number of aliphatic carboxylic acids is 1. The fraction of sp³-hybridized carbons (Fsp3) is 0.545. The number of thiazole rings is 1. The first-order valence-corrected chi connectivity index (χ1v) is 6.45. The fourth-order valence-corrected chi connectivity index (χ4v) is 2.84. The molecule has 1 unspecified atom stereocenters. The molecule has 0 radical (unpaired) electrons. The number of rotatable bonds is 3. The van der Waals surface area contributed by atoms with Crippen LogP contribution in [0.25, 0.3) is 0 Å². The molecule has 0 saturated carbocycles. The molecule has 2 N–H and O–H groups in total. The highest BCUT2D eigenvalue weighted by Gasteiger charge is 2.32. The zero-order valence-corrected chi connectivity index (χ0v) is 11.1. The maximum atomic E-state index is 11.3. The number of aryl methyl sites for hydroxylation is 2. The number of carbonyl (C=O) groups excluding carboxylic acids is 1. The lowest BCUT2D eigenvalue weighted by atomic mass is 10.2. The summed E-state index contributed by atoms with van der Waals surface area (Å²) in [7, 11) is 0. The van der Waals surface area contributed by atoms with Gasteiger partial charge in [-0.15, -0.1) is 11.3 Å². The van der Waals surface area contributed by atoms with E-state index in [1.807, 2.05) is 13.8 Å². The summed E-state index contributed by atoms with van der Waals surface area (Å²) in [6.07, 6.45) is 0. The van der Waals surface area contributed by atoms with Crippen molar-refractivity contribution in [2.24, 2.45) is 0 Å². The Morgan fingerprint density at radius 1 is 1.61 bits per heavy atom. The van der Waals surface area contributed by atoms with E-state index in [2.05, 4.69) is 10.3 Å². The molecular formula is C11H15N3O3S. The quantitative estimate of drug-likeness (QED) is 0.816. The van der Waals surface area contributed by atoms with E-state index in [0.717, 1.165) is 15.6 Å². The summed E-state index contributed by atoms with van der Waals surface area (Å²) in [5.74, 6) is -1.06. The molecule has 1 aliphatic rings.